The molecule has 1 aliphatic rings. The number of likely N-dealkylation sites (tertiary alicyclic amines) is 1. The summed E-state index contributed by atoms with van der Waals surface area (Å²) in [5, 5.41) is 0. The molecule has 4 heteroatoms. The number of piperidine rings is 1. The number of carbonyl (C=O) groups excluding carboxylic acids is 1. The monoisotopic (exact) mass is 331 g/mol. The van der Waals surface area contributed by atoms with Crippen LogP contribution >= 0.6 is 0 Å². The molecule has 2 N–H and O–H groups in total. The molecule has 0 spiro atoms. The van der Waals surface area contributed by atoms with Gasteiger partial charge in [0, 0.05) is 43.5 Å². The van der Waals surface area contributed by atoms with E-state index in [1.165, 1.54) is 18.5 Å². The van der Waals surface area contributed by atoms with Crippen molar-refractivity contribution in [3.8, 4) is 0 Å². The van der Waals surface area contributed by atoms with E-state index in [9.17, 15) is 4.79 Å². The summed E-state index contributed by atoms with van der Waals surface area (Å²) in [5.74, 6) is 0.565. The van der Waals surface area contributed by atoms with Crippen LogP contribution in [-0.4, -0.2) is 43.0 Å². The largest absolute Gasteiger partial charge is 0.372 e. The van der Waals surface area contributed by atoms with Crippen molar-refractivity contribution in [1.82, 2.24) is 4.90 Å². The Bertz CT molecular complexity index is 512. The van der Waals surface area contributed by atoms with Crippen LogP contribution in [0.5, 0.6) is 0 Å². The Balaban J connectivity index is 2.02. The minimum atomic E-state index is 0.142. The number of hydrogen-bond donors (Lipinski definition) is 1. The molecule has 0 aromatic heterocycles. The molecule has 1 aromatic carbocycles. The highest BCUT2D eigenvalue weighted by molar-refractivity contribution is 5.94. The van der Waals surface area contributed by atoms with Gasteiger partial charge >= 0.3 is 0 Å². The van der Waals surface area contributed by atoms with Gasteiger partial charge in [0.25, 0.3) is 5.91 Å². The highest BCUT2D eigenvalue weighted by Crippen LogP contribution is 2.22. The molecular formula is C20H33N3O. The van der Waals surface area contributed by atoms with Gasteiger partial charge in [-0.1, -0.05) is 13.3 Å². The number of benzene rings is 1. The SMILES string of the molecule is CCCCN(CC)c1ccc(C(=O)N2CCCC(C(C)N)C2)cc1. The zero-order valence-corrected chi connectivity index (χ0v) is 15.5. The van der Waals surface area contributed by atoms with Gasteiger partial charge in [-0.3, -0.25) is 4.79 Å². The van der Waals surface area contributed by atoms with Crippen LogP contribution in [0.25, 0.3) is 0 Å². The van der Waals surface area contributed by atoms with Gasteiger partial charge in [0.1, 0.15) is 0 Å². The third kappa shape index (κ3) is 4.73. The topological polar surface area (TPSA) is 49.6 Å². The predicted molar refractivity (Wildman–Crippen MR) is 102 cm³/mol. The molecule has 1 aliphatic heterocycles. The van der Waals surface area contributed by atoms with Gasteiger partial charge in [-0.05, 0) is 63.3 Å². The van der Waals surface area contributed by atoms with Crippen LogP contribution in [0, 0.1) is 5.92 Å². The van der Waals surface area contributed by atoms with Gasteiger partial charge in [-0.15, -0.1) is 0 Å². The molecule has 2 atom stereocenters. The molecule has 0 radical (unpaired) electrons. The fraction of sp³-hybridized carbons (Fsp3) is 0.650. The van der Waals surface area contributed by atoms with Crippen molar-refractivity contribution in [3.05, 3.63) is 29.8 Å². The Kier molecular flexibility index (Phi) is 7.10. The number of anilines is 1. The predicted octanol–water partition coefficient (Wildman–Crippen LogP) is 3.51. The van der Waals surface area contributed by atoms with E-state index >= 15 is 0 Å². The molecule has 4 nitrogen and oxygen atoms in total. The zero-order valence-electron chi connectivity index (χ0n) is 15.5. The van der Waals surface area contributed by atoms with E-state index in [0.717, 1.165) is 44.6 Å². The van der Waals surface area contributed by atoms with Crippen LogP contribution in [0.15, 0.2) is 24.3 Å². The minimum absolute atomic E-state index is 0.142. The van der Waals surface area contributed by atoms with Crippen molar-refractivity contribution in [2.45, 2.75) is 52.5 Å². The second-order valence-electron chi connectivity index (χ2n) is 6.99. The Hall–Kier alpha value is -1.55. The average molecular weight is 332 g/mol. The quantitative estimate of drug-likeness (QED) is 0.832. The third-order valence-electron chi connectivity index (χ3n) is 5.13. The van der Waals surface area contributed by atoms with Gasteiger partial charge in [0.2, 0.25) is 0 Å². The lowest BCUT2D eigenvalue weighted by Gasteiger charge is -2.34. The number of carbonyl (C=O) groups is 1. The summed E-state index contributed by atoms with van der Waals surface area (Å²) < 4.78 is 0. The summed E-state index contributed by atoms with van der Waals surface area (Å²) in [6.07, 6.45) is 4.57. The lowest BCUT2D eigenvalue weighted by atomic mass is 9.92. The van der Waals surface area contributed by atoms with Crippen molar-refractivity contribution in [2.24, 2.45) is 11.7 Å². The van der Waals surface area contributed by atoms with Crippen LogP contribution in [0.2, 0.25) is 0 Å². The first-order valence-corrected chi connectivity index (χ1v) is 9.46. The Morgan fingerprint density at radius 3 is 2.62 bits per heavy atom. The maximum atomic E-state index is 12.8. The van der Waals surface area contributed by atoms with Gasteiger partial charge in [0.05, 0.1) is 0 Å². The van der Waals surface area contributed by atoms with Gasteiger partial charge in [0.15, 0.2) is 0 Å². The molecule has 134 valence electrons. The van der Waals surface area contributed by atoms with Crippen LogP contribution in [0.4, 0.5) is 5.69 Å². The van der Waals surface area contributed by atoms with E-state index in [0.29, 0.717) is 5.92 Å². The second kappa shape index (κ2) is 9.07. The summed E-state index contributed by atoms with van der Waals surface area (Å²) in [4.78, 5) is 17.1. The fourth-order valence-electron chi connectivity index (χ4n) is 3.44. The molecule has 1 aromatic rings. The summed E-state index contributed by atoms with van der Waals surface area (Å²) in [5.41, 5.74) is 8.02. The first-order chi connectivity index (χ1) is 11.6. The molecule has 0 aliphatic carbocycles. The number of unbranched alkanes of at least 4 members (excludes halogenated alkanes) is 1. The normalized spacial score (nSPS) is 19.2. The maximum absolute atomic E-state index is 12.8. The van der Waals surface area contributed by atoms with E-state index in [-0.39, 0.29) is 11.9 Å². The summed E-state index contributed by atoms with van der Waals surface area (Å²) in [7, 11) is 0. The van der Waals surface area contributed by atoms with E-state index in [4.69, 9.17) is 5.73 Å². The van der Waals surface area contributed by atoms with Crippen LogP contribution in [0.1, 0.15) is 56.8 Å². The molecule has 2 unspecified atom stereocenters. The van der Waals surface area contributed by atoms with E-state index < -0.39 is 0 Å². The van der Waals surface area contributed by atoms with Crippen molar-refractivity contribution < 1.29 is 4.79 Å². The molecular weight excluding hydrogens is 298 g/mol. The summed E-state index contributed by atoms with van der Waals surface area (Å²) in [6.45, 7) is 10.1. The molecule has 0 saturated carbocycles. The van der Waals surface area contributed by atoms with Gasteiger partial charge in [-0.2, -0.15) is 0 Å². The Morgan fingerprint density at radius 1 is 1.33 bits per heavy atom. The molecule has 1 heterocycles. The van der Waals surface area contributed by atoms with Crippen LogP contribution < -0.4 is 10.6 Å². The van der Waals surface area contributed by atoms with E-state index in [1.54, 1.807) is 0 Å². The fourth-order valence-corrected chi connectivity index (χ4v) is 3.44. The second-order valence-corrected chi connectivity index (χ2v) is 6.99. The summed E-state index contributed by atoms with van der Waals surface area (Å²) >= 11 is 0. The number of rotatable bonds is 7. The van der Waals surface area contributed by atoms with E-state index in [2.05, 4.69) is 30.9 Å². The number of nitrogens with zero attached hydrogens (tertiary/aromatic N) is 2. The van der Waals surface area contributed by atoms with Crippen molar-refractivity contribution in [3.63, 3.8) is 0 Å². The van der Waals surface area contributed by atoms with Crippen molar-refractivity contribution in [1.29, 1.82) is 0 Å². The number of nitrogens with two attached hydrogens (primary N) is 1. The van der Waals surface area contributed by atoms with Crippen molar-refractivity contribution in [2.75, 3.05) is 31.1 Å². The van der Waals surface area contributed by atoms with Gasteiger partial charge < -0.3 is 15.5 Å². The number of amides is 1. The molecule has 24 heavy (non-hydrogen) atoms. The molecule has 1 amide bonds. The van der Waals surface area contributed by atoms with Crippen molar-refractivity contribution >= 4 is 11.6 Å². The Labute approximate surface area is 147 Å². The maximum Gasteiger partial charge on any atom is 0.253 e. The number of hydrogen-bond acceptors (Lipinski definition) is 3. The smallest absolute Gasteiger partial charge is 0.253 e. The highest BCUT2D eigenvalue weighted by atomic mass is 16.2. The minimum Gasteiger partial charge on any atom is -0.372 e. The van der Waals surface area contributed by atoms with Crippen LogP contribution in [-0.2, 0) is 0 Å². The highest BCUT2D eigenvalue weighted by Gasteiger charge is 2.26. The third-order valence-corrected chi connectivity index (χ3v) is 5.13. The standard InChI is InChI=1S/C20H33N3O/c1-4-6-13-22(5-2)19-11-9-17(10-12-19)20(24)23-14-7-8-18(15-23)16(3)21/h9-12,16,18H,4-8,13-15,21H2,1-3H3. The summed E-state index contributed by atoms with van der Waals surface area (Å²) in [6, 6.07) is 8.27. The molecule has 1 fully saturated rings. The Morgan fingerprint density at radius 2 is 2.04 bits per heavy atom. The molecule has 2 rings (SSSR count). The first kappa shape index (κ1) is 18.8. The lowest BCUT2D eigenvalue weighted by Crippen LogP contribution is -2.45. The molecule has 0 bridgehead atoms. The average Bonchev–Trinajstić information content (AvgIpc) is 2.62. The van der Waals surface area contributed by atoms with Gasteiger partial charge in [-0.25, -0.2) is 0 Å². The van der Waals surface area contributed by atoms with Crippen LogP contribution in [0.3, 0.4) is 0 Å². The zero-order chi connectivity index (χ0) is 17.5. The first-order valence-electron chi connectivity index (χ1n) is 9.46. The van der Waals surface area contributed by atoms with E-state index in [1.807, 2.05) is 24.0 Å². The lowest BCUT2D eigenvalue weighted by molar-refractivity contribution is 0.0661. The molecule has 1 saturated heterocycles.